The molecule has 3 N–H and O–H groups in total. The van der Waals surface area contributed by atoms with E-state index >= 15 is 0 Å². The average Bonchev–Trinajstić information content (AvgIpc) is 3.42. The summed E-state index contributed by atoms with van der Waals surface area (Å²) in [5, 5.41) is 15.7. The predicted molar refractivity (Wildman–Crippen MR) is 126 cm³/mol. The molecule has 0 saturated carbocycles. The summed E-state index contributed by atoms with van der Waals surface area (Å²) in [5.41, 5.74) is 1.31. The molecule has 2 aromatic carbocycles. The van der Waals surface area contributed by atoms with E-state index in [4.69, 9.17) is 11.6 Å². The Morgan fingerprint density at radius 3 is 2.68 bits per heavy atom. The van der Waals surface area contributed by atoms with Crippen molar-refractivity contribution in [3.8, 4) is 0 Å². The molecule has 1 fully saturated rings. The fraction of sp³-hybridized carbons (Fsp3) is 0.292. The molecular weight excluding hydrogens is 463 g/mol. The van der Waals surface area contributed by atoms with Crippen LogP contribution in [-0.4, -0.2) is 51.6 Å². The van der Waals surface area contributed by atoms with Crippen molar-refractivity contribution in [1.82, 2.24) is 14.8 Å². The van der Waals surface area contributed by atoms with Crippen molar-refractivity contribution in [1.29, 1.82) is 0 Å². The van der Waals surface area contributed by atoms with Gasteiger partial charge in [-0.3, -0.25) is 14.2 Å². The molecule has 0 bridgehead atoms. The Kier molecular flexibility index (Phi) is 6.85. The minimum Gasteiger partial charge on any atom is -0.396 e. The van der Waals surface area contributed by atoms with Gasteiger partial charge in [0.2, 0.25) is 11.8 Å². The maximum absolute atomic E-state index is 14.2. The van der Waals surface area contributed by atoms with Crippen LogP contribution in [0.5, 0.6) is 0 Å². The summed E-state index contributed by atoms with van der Waals surface area (Å²) in [6, 6.07) is 10.3. The first-order valence-electron chi connectivity index (χ1n) is 10.8. The van der Waals surface area contributed by atoms with Gasteiger partial charge < -0.3 is 20.6 Å². The van der Waals surface area contributed by atoms with Crippen LogP contribution in [0.1, 0.15) is 23.7 Å². The van der Waals surface area contributed by atoms with Gasteiger partial charge in [0, 0.05) is 49.7 Å². The van der Waals surface area contributed by atoms with Crippen LogP contribution in [0.4, 0.5) is 14.9 Å². The smallest absolute Gasteiger partial charge is 0.322 e. The molecule has 0 aliphatic carbocycles. The number of fused-ring (bicyclic) bond motifs is 1. The Balaban J connectivity index is 1.52. The minimum absolute atomic E-state index is 0.0429. The number of carbonyl (C=O) groups excluding carboxylic acids is 3. The van der Waals surface area contributed by atoms with Gasteiger partial charge in [0.15, 0.2) is 0 Å². The van der Waals surface area contributed by atoms with E-state index in [-0.39, 0.29) is 48.5 Å². The second kappa shape index (κ2) is 9.82. The first-order valence-corrected chi connectivity index (χ1v) is 11.2. The number of aliphatic hydroxyl groups excluding tert-OH is 1. The van der Waals surface area contributed by atoms with Gasteiger partial charge in [0.05, 0.1) is 16.2 Å². The number of amides is 3. The number of nitrogens with zero attached hydrogens (tertiary/aromatic N) is 2. The van der Waals surface area contributed by atoms with Crippen LogP contribution in [0.2, 0.25) is 5.02 Å². The fourth-order valence-electron chi connectivity index (χ4n) is 4.24. The number of aromatic nitrogens is 1. The topological polar surface area (TPSA) is 104 Å². The molecule has 1 aliphatic rings. The number of hydrogen-bond acceptors (Lipinski definition) is 4. The highest BCUT2D eigenvalue weighted by Gasteiger charge is 2.39. The number of carbonyl (C=O) groups is 3. The number of anilines is 1. The van der Waals surface area contributed by atoms with Gasteiger partial charge in [0.25, 0.3) is 0 Å². The maximum Gasteiger partial charge on any atom is 0.322 e. The standard InChI is InChI=1S/C24H24ClFN4O4/c1-14(32)29-12-19(17-6-2-3-8-20(17)29)28-24(34)30-11-15(13-31)9-21(30)23(33)27-10-16-5-4-7-18(25)22(16)26/h2-8,12,15,21,31H,9-11,13H2,1H3,(H,27,33)(H,28,34)/t15-,21-/m0/s1. The van der Waals surface area contributed by atoms with Gasteiger partial charge in [-0.25, -0.2) is 9.18 Å². The van der Waals surface area contributed by atoms with Crippen molar-refractivity contribution in [2.75, 3.05) is 18.5 Å². The van der Waals surface area contributed by atoms with E-state index in [2.05, 4.69) is 10.6 Å². The highest BCUT2D eigenvalue weighted by atomic mass is 35.5. The molecule has 0 radical (unpaired) electrons. The maximum atomic E-state index is 14.2. The number of hydrogen-bond donors (Lipinski definition) is 3. The first-order chi connectivity index (χ1) is 16.3. The van der Waals surface area contributed by atoms with E-state index < -0.39 is 23.8 Å². The Bertz CT molecular complexity index is 1260. The lowest BCUT2D eigenvalue weighted by molar-refractivity contribution is -0.124. The number of benzene rings is 2. The number of nitrogens with one attached hydrogen (secondary N) is 2. The number of para-hydroxylation sites is 1. The zero-order chi connectivity index (χ0) is 24.4. The molecule has 2 heterocycles. The quantitative estimate of drug-likeness (QED) is 0.512. The zero-order valence-electron chi connectivity index (χ0n) is 18.4. The number of likely N-dealkylation sites (tertiary alicyclic amines) is 1. The highest BCUT2D eigenvalue weighted by Crippen LogP contribution is 2.29. The van der Waals surface area contributed by atoms with Crippen molar-refractivity contribution < 1.29 is 23.9 Å². The molecule has 178 valence electrons. The second-order valence-electron chi connectivity index (χ2n) is 8.26. The average molecular weight is 487 g/mol. The molecule has 8 nitrogen and oxygen atoms in total. The molecule has 34 heavy (non-hydrogen) atoms. The van der Waals surface area contributed by atoms with Gasteiger partial charge >= 0.3 is 6.03 Å². The van der Waals surface area contributed by atoms with Crippen LogP contribution in [-0.2, 0) is 11.3 Å². The van der Waals surface area contributed by atoms with Crippen LogP contribution < -0.4 is 10.6 Å². The van der Waals surface area contributed by atoms with Crippen LogP contribution in [0.25, 0.3) is 10.9 Å². The van der Waals surface area contributed by atoms with E-state index in [1.165, 1.54) is 28.5 Å². The summed E-state index contributed by atoms with van der Waals surface area (Å²) >= 11 is 5.80. The lowest BCUT2D eigenvalue weighted by Gasteiger charge is -2.24. The molecular formula is C24H24ClFN4O4. The van der Waals surface area contributed by atoms with Gasteiger partial charge in [-0.05, 0) is 18.6 Å². The van der Waals surface area contributed by atoms with E-state index in [9.17, 15) is 23.9 Å². The molecule has 3 aromatic rings. The minimum atomic E-state index is -0.847. The Hall–Kier alpha value is -3.43. The summed E-state index contributed by atoms with van der Waals surface area (Å²) in [6.07, 6.45) is 1.81. The first kappa shape index (κ1) is 23.7. The fourth-order valence-corrected chi connectivity index (χ4v) is 4.43. The summed E-state index contributed by atoms with van der Waals surface area (Å²) < 4.78 is 15.6. The molecule has 3 amide bonds. The monoisotopic (exact) mass is 486 g/mol. The highest BCUT2D eigenvalue weighted by molar-refractivity contribution is 6.30. The third kappa shape index (κ3) is 4.62. The Labute approximate surface area is 200 Å². The number of aliphatic hydroxyl groups is 1. The molecule has 2 atom stereocenters. The second-order valence-corrected chi connectivity index (χ2v) is 8.67. The molecule has 0 spiro atoms. The van der Waals surface area contributed by atoms with Crippen LogP contribution in [0.3, 0.4) is 0 Å². The summed E-state index contributed by atoms with van der Waals surface area (Å²) in [6.45, 7) is 1.33. The zero-order valence-corrected chi connectivity index (χ0v) is 19.2. The molecule has 1 aromatic heterocycles. The number of urea groups is 1. The van der Waals surface area contributed by atoms with E-state index in [1.807, 2.05) is 0 Å². The van der Waals surface area contributed by atoms with Gasteiger partial charge in [-0.1, -0.05) is 41.9 Å². The van der Waals surface area contributed by atoms with E-state index in [1.54, 1.807) is 36.5 Å². The van der Waals surface area contributed by atoms with Crippen molar-refractivity contribution in [2.45, 2.75) is 25.9 Å². The third-order valence-corrected chi connectivity index (χ3v) is 6.28. The molecule has 1 saturated heterocycles. The van der Waals surface area contributed by atoms with Crippen molar-refractivity contribution in [2.24, 2.45) is 5.92 Å². The lowest BCUT2D eigenvalue weighted by atomic mass is 10.1. The Morgan fingerprint density at radius 1 is 1.18 bits per heavy atom. The summed E-state index contributed by atoms with van der Waals surface area (Å²) in [7, 11) is 0. The molecule has 10 heteroatoms. The molecule has 1 aliphatic heterocycles. The van der Waals surface area contributed by atoms with Crippen molar-refractivity contribution in [3.63, 3.8) is 0 Å². The SMILES string of the molecule is CC(=O)n1cc(NC(=O)N2C[C@@H](CO)C[C@H]2C(=O)NCc2cccc(Cl)c2F)c2ccccc21. The third-order valence-electron chi connectivity index (χ3n) is 5.99. The lowest BCUT2D eigenvalue weighted by Crippen LogP contribution is -2.47. The van der Waals surface area contributed by atoms with Gasteiger partial charge in [-0.15, -0.1) is 0 Å². The van der Waals surface area contributed by atoms with Crippen LogP contribution in [0.15, 0.2) is 48.7 Å². The summed E-state index contributed by atoms with van der Waals surface area (Å²) in [4.78, 5) is 39.4. The number of rotatable bonds is 5. The van der Waals surface area contributed by atoms with Crippen LogP contribution >= 0.6 is 11.6 Å². The van der Waals surface area contributed by atoms with E-state index in [0.29, 0.717) is 16.6 Å². The van der Waals surface area contributed by atoms with Gasteiger partial charge in [-0.2, -0.15) is 0 Å². The molecule has 4 rings (SSSR count). The molecule has 0 unspecified atom stereocenters. The van der Waals surface area contributed by atoms with Crippen molar-refractivity contribution in [3.05, 3.63) is 65.1 Å². The number of halogens is 2. The van der Waals surface area contributed by atoms with Gasteiger partial charge in [0.1, 0.15) is 11.9 Å². The van der Waals surface area contributed by atoms with E-state index in [0.717, 1.165) is 0 Å². The van der Waals surface area contributed by atoms with Crippen molar-refractivity contribution >= 4 is 46.0 Å². The normalized spacial score (nSPS) is 17.7. The largest absolute Gasteiger partial charge is 0.396 e. The predicted octanol–water partition coefficient (Wildman–Crippen LogP) is 3.63. The Morgan fingerprint density at radius 2 is 1.94 bits per heavy atom. The van der Waals surface area contributed by atoms with Crippen LogP contribution in [0, 0.1) is 11.7 Å². The summed E-state index contributed by atoms with van der Waals surface area (Å²) in [5.74, 6) is -1.55.